The largest absolute Gasteiger partial charge is 0.345 e. The van der Waals surface area contributed by atoms with Crippen LogP contribution in [0.3, 0.4) is 0 Å². The number of nitrogens with one attached hydrogen (secondary N) is 1. The highest BCUT2D eigenvalue weighted by molar-refractivity contribution is 7.99. The summed E-state index contributed by atoms with van der Waals surface area (Å²) in [5.41, 5.74) is 1.18. The van der Waals surface area contributed by atoms with Crippen LogP contribution in [-0.4, -0.2) is 15.7 Å². The number of nitrogens with zero attached hydrogens (tertiary/aromatic N) is 1. The molecule has 2 aromatic rings. The van der Waals surface area contributed by atoms with Crippen molar-refractivity contribution >= 4 is 11.8 Å². The van der Waals surface area contributed by atoms with Crippen LogP contribution in [0.15, 0.2) is 41.6 Å². The van der Waals surface area contributed by atoms with E-state index >= 15 is 0 Å². The van der Waals surface area contributed by atoms with E-state index in [0.29, 0.717) is 0 Å². The first-order valence-corrected chi connectivity index (χ1v) is 5.62. The molecule has 0 amide bonds. The second-order valence-corrected chi connectivity index (χ2v) is 4.17. The molecule has 1 heterocycles. The second-order valence-electron chi connectivity index (χ2n) is 2.87. The molecular formula is C11H12N2S. The van der Waals surface area contributed by atoms with Gasteiger partial charge in [0, 0.05) is 22.9 Å². The van der Waals surface area contributed by atoms with Crippen molar-refractivity contribution in [3.63, 3.8) is 0 Å². The van der Waals surface area contributed by atoms with E-state index in [4.69, 9.17) is 0 Å². The molecule has 2 rings (SSSR count). The summed E-state index contributed by atoms with van der Waals surface area (Å²) in [7, 11) is 0. The van der Waals surface area contributed by atoms with Gasteiger partial charge in [-0.15, -0.1) is 11.8 Å². The van der Waals surface area contributed by atoms with E-state index in [1.165, 1.54) is 10.5 Å². The summed E-state index contributed by atoms with van der Waals surface area (Å²) >= 11 is 1.84. The molecule has 0 radical (unpaired) electrons. The minimum atomic E-state index is 0.946. The number of imidazole rings is 1. The average Bonchev–Trinajstić information content (AvgIpc) is 2.72. The first-order valence-electron chi connectivity index (χ1n) is 4.63. The highest BCUT2D eigenvalue weighted by atomic mass is 32.2. The van der Waals surface area contributed by atoms with Crippen molar-refractivity contribution < 1.29 is 0 Å². The Kier molecular flexibility index (Phi) is 2.89. The normalized spacial score (nSPS) is 10.4. The standard InChI is InChI=1S/C11H12N2S/c1-2-14-10-6-4-3-5-9(10)11-12-7-8-13-11/h3-8H,2H2,1H3,(H,12,13). The third kappa shape index (κ3) is 1.82. The molecule has 0 unspecified atom stereocenters. The molecule has 0 aliphatic carbocycles. The number of hydrogen-bond acceptors (Lipinski definition) is 2. The smallest absolute Gasteiger partial charge is 0.138 e. The summed E-state index contributed by atoms with van der Waals surface area (Å²) < 4.78 is 0. The van der Waals surface area contributed by atoms with Crippen molar-refractivity contribution in [3.8, 4) is 11.4 Å². The van der Waals surface area contributed by atoms with Crippen molar-refractivity contribution in [3.05, 3.63) is 36.7 Å². The van der Waals surface area contributed by atoms with E-state index in [9.17, 15) is 0 Å². The summed E-state index contributed by atoms with van der Waals surface area (Å²) in [6.45, 7) is 2.16. The topological polar surface area (TPSA) is 28.7 Å². The van der Waals surface area contributed by atoms with Crippen LogP contribution in [0.4, 0.5) is 0 Å². The molecule has 0 fully saturated rings. The third-order valence-electron chi connectivity index (χ3n) is 1.94. The number of H-pyrrole nitrogens is 1. The number of hydrogen-bond donors (Lipinski definition) is 1. The predicted octanol–water partition coefficient (Wildman–Crippen LogP) is 3.19. The Hall–Kier alpha value is -1.22. The fraction of sp³-hybridized carbons (Fsp3) is 0.182. The lowest BCUT2D eigenvalue weighted by molar-refractivity contribution is 1.27. The van der Waals surface area contributed by atoms with E-state index in [-0.39, 0.29) is 0 Å². The van der Waals surface area contributed by atoms with E-state index in [1.54, 1.807) is 6.20 Å². The molecule has 0 bridgehead atoms. The molecule has 0 aliphatic heterocycles. The van der Waals surface area contributed by atoms with E-state index < -0.39 is 0 Å². The van der Waals surface area contributed by atoms with Gasteiger partial charge in [-0.05, 0) is 11.8 Å². The minimum absolute atomic E-state index is 0.946. The van der Waals surface area contributed by atoms with Gasteiger partial charge in [-0.3, -0.25) is 0 Å². The van der Waals surface area contributed by atoms with Gasteiger partial charge in [0.15, 0.2) is 0 Å². The lowest BCUT2D eigenvalue weighted by atomic mass is 10.2. The molecule has 0 saturated heterocycles. The number of aromatic nitrogens is 2. The highest BCUT2D eigenvalue weighted by Crippen LogP contribution is 2.28. The summed E-state index contributed by atoms with van der Waals surface area (Å²) in [4.78, 5) is 8.67. The second kappa shape index (κ2) is 4.33. The van der Waals surface area contributed by atoms with Gasteiger partial charge >= 0.3 is 0 Å². The van der Waals surface area contributed by atoms with Gasteiger partial charge in [0.1, 0.15) is 5.82 Å². The van der Waals surface area contributed by atoms with Crippen LogP contribution in [0.5, 0.6) is 0 Å². The molecule has 1 N–H and O–H groups in total. The molecule has 14 heavy (non-hydrogen) atoms. The Morgan fingerprint density at radius 2 is 2.21 bits per heavy atom. The summed E-state index contributed by atoms with van der Waals surface area (Å²) in [6, 6.07) is 8.32. The molecule has 72 valence electrons. The van der Waals surface area contributed by atoms with Crippen LogP contribution >= 0.6 is 11.8 Å². The van der Waals surface area contributed by atoms with Crippen LogP contribution in [0.25, 0.3) is 11.4 Å². The fourth-order valence-corrected chi connectivity index (χ4v) is 2.16. The number of aromatic amines is 1. The molecule has 0 saturated carbocycles. The van der Waals surface area contributed by atoms with Crippen LogP contribution in [0.2, 0.25) is 0 Å². The molecule has 1 aromatic heterocycles. The van der Waals surface area contributed by atoms with Gasteiger partial charge in [-0.1, -0.05) is 25.1 Å². The zero-order valence-electron chi connectivity index (χ0n) is 8.03. The van der Waals surface area contributed by atoms with Crippen molar-refractivity contribution in [1.82, 2.24) is 9.97 Å². The number of thioether (sulfide) groups is 1. The Balaban J connectivity index is 2.42. The zero-order valence-corrected chi connectivity index (χ0v) is 8.84. The van der Waals surface area contributed by atoms with Gasteiger partial charge in [0.25, 0.3) is 0 Å². The Morgan fingerprint density at radius 1 is 1.36 bits per heavy atom. The average molecular weight is 204 g/mol. The molecule has 1 aromatic carbocycles. The lowest BCUT2D eigenvalue weighted by Crippen LogP contribution is -1.84. The lowest BCUT2D eigenvalue weighted by Gasteiger charge is -2.04. The summed E-state index contributed by atoms with van der Waals surface area (Å²) in [6.07, 6.45) is 3.63. The maximum Gasteiger partial charge on any atom is 0.138 e. The molecule has 0 atom stereocenters. The summed E-state index contributed by atoms with van der Waals surface area (Å²) in [5, 5.41) is 0. The highest BCUT2D eigenvalue weighted by Gasteiger charge is 2.05. The first kappa shape index (κ1) is 9.34. The first-order chi connectivity index (χ1) is 6.92. The Labute approximate surface area is 87.8 Å². The van der Waals surface area contributed by atoms with Crippen LogP contribution < -0.4 is 0 Å². The maximum atomic E-state index is 4.26. The van der Waals surface area contributed by atoms with Gasteiger partial charge in [0.2, 0.25) is 0 Å². The SMILES string of the molecule is CCSc1ccccc1-c1ncc[nH]1. The van der Waals surface area contributed by atoms with Crippen molar-refractivity contribution in [2.75, 3.05) is 5.75 Å². The van der Waals surface area contributed by atoms with Crippen molar-refractivity contribution in [2.24, 2.45) is 0 Å². The zero-order chi connectivity index (χ0) is 9.80. The van der Waals surface area contributed by atoms with Crippen molar-refractivity contribution in [2.45, 2.75) is 11.8 Å². The quantitative estimate of drug-likeness (QED) is 0.778. The molecule has 0 spiro atoms. The minimum Gasteiger partial charge on any atom is -0.345 e. The maximum absolute atomic E-state index is 4.26. The molecule has 3 heteroatoms. The fourth-order valence-electron chi connectivity index (χ4n) is 1.36. The van der Waals surface area contributed by atoms with E-state index in [1.807, 2.05) is 24.0 Å². The van der Waals surface area contributed by atoms with Gasteiger partial charge in [0.05, 0.1) is 0 Å². The number of benzene rings is 1. The monoisotopic (exact) mass is 204 g/mol. The third-order valence-corrected chi connectivity index (χ3v) is 2.90. The predicted molar refractivity (Wildman–Crippen MR) is 60.4 cm³/mol. The van der Waals surface area contributed by atoms with Gasteiger partial charge in [-0.25, -0.2) is 4.98 Å². The van der Waals surface area contributed by atoms with Crippen LogP contribution in [0.1, 0.15) is 6.92 Å². The number of rotatable bonds is 3. The van der Waals surface area contributed by atoms with Crippen molar-refractivity contribution in [1.29, 1.82) is 0 Å². The van der Waals surface area contributed by atoms with Gasteiger partial charge in [-0.2, -0.15) is 0 Å². The summed E-state index contributed by atoms with van der Waals surface area (Å²) in [5.74, 6) is 2.03. The Morgan fingerprint density at radius 3 is 2.93 bits per heavy atom. The molecule has 2 nitrogen and oxygen atoms in total. The van der Waals surface area contributed by atoms with E-state index in [2.05, 4.69) is 35.1 Å². The van der Waals surface area contributed by atoms with E-state index in [0.717, 1.165) is 11.6 Å². The molecular weight excluding hydrogens is 192 g/mol. The van der Waals surface area contributed by atoms with Crippen LogP contribution in [-0.2, 0) is 0 Å². The Bertz CT molecular complexity index is 395. The van der Waals surface area contributed by atoms with Gasteiger partial charge < -0.3 is 4.98 Å². The molecule has 0 aliphatic rings. The van der Waals surface area contributed by atoms with Crippen LogP contribution in [0, 0.1) is 0 Å².